The molecule has 1 saturated heterocycles. The zero-order valence-electron chi connectivity index (χ0n) is 14.8. The molecule has 1 unspecified atom stereocenters. The number of amides is 1. The van der Waals surface area contributed by atoms with E-state index in [-0.39, 0.29) is 36.8 Å². The van der Waals surface area contributed by atoms with Crippen LogP contribution in [-0.2, 0) is 6.42 Å². The van der Waals surface area contributed by atoms with Gasteiger partial charge < -0.3 is 20.7 Å². The average Bonchev–Trinajstić information content (AvgIpc) is 3.25. The summed E-state index contributed by atoms with van der Waals surface area (Å²) in [6.07, 6.45) is 1.56. The Morgan fingerprint density at radius 3 is 2.96 bits per heavy atom. The number of nitrogens with one attached hydrogen (secondary N) is 1. The first-order valence-corrected chi connectivity index (χ1v) is 9.40. The Morgan fingerprint density at radius 1 is 1.48 bits per heavy atom. The second-order valence-corrected chi connectivity index (χ2v) is 7.27. The Bertz CT molecular complexity index is 760. The van der Waals surface area contributed by atoms with Gasteiger partial charge in [-0.25, -0.2) is 4.98 Å². The van der Waals surface area contributed by atoms with Crippen LogP contribution in [0.15, 0.2) is 23.6 Å². The molecule has 0 spiro atoms. The molecule has 10 heteroatoms. The summed E-state index contributed by atoms with van der Waals surface area (Å²) >= 11 is 7.58. The largest absolute Gasteiger partial charge is 0.495 e. The summed E-state index contributed by atoms with van der Waals surface area (Å²) in [5, 5.41) is 6.40. The quantitative estimate of drug-likeness (QED) is 0.702. The van der Waals surface area contributed by atoms with Crippen LogP contribution in [0.5, 0.6) is 5.75 Å². The topological polar surface area (TPSA) is 80.5 Å². The molecule has 1 aliphatic heterocycles. The number of hydrogen-bond donors (Lipinski definition) is 2. The van der Waals surface area contributed by atoms with Gasteiger partial charge >= 0.3 is 0 Å². The van der Waals surface area contributed by atoms with E-state index in [2.05, 4.69) is 15.2 Å². The first-order chi connectivity index (χ1) is 12.1. The van der Waals surface area contributed by atoms with Gasteiger partial charge in [0.2, 0.25) is 0 Å². The van der Waals surface area contributed by atoms with Crippen molar-refractivity contribution < 1.29 is 9.53 Å². The Morgan fingerprint density at radius 2 is 2.26 bits per heavy atom. The molecule has 1 aromatic carbocycles. The van der Waals surface area contributed by atoms with Crippen LogP contribution in [0.3, 0.4) is 0 Å². The number of anilines is 1. The highest BCUT2D eigenvalue weighted by atomic mass is 35.5. The molecule has 6 nitrogen and oxygen atoms in total. The molecule has 2 heterocycles. The van der Waals surface area contributed by atoms with E-state index in [0.29, 0.717) is 30.2 Å². The molecule has 27 heavy (non-hydrogen) atoms. The number of carbonyl (C=O) groups is 1. The number of ether oxygens (including phenoxy) is 1. The number of nitrogens with two attached hydrogens (primary N) is 1. The zero-order chi connectivity index (χ0) is 17.8. The van der Waals surface area contributed by atoms with Crippen molar-refractivity contribution in [1.29, 1.82) is 0 Å². The zero-order valence-corrected chi connectivity index (χ0v) is 18.0. The van der Waals surface area contributed by atoms with Crippen molar-refractivity contribution in [2.45, 2.75) is 18.9 Å². The second-order valence-electron chi connectivity index (χ2n) is 5.89. The van der Waals surface area contributed by atoms with Crippen LogP contribution >= 0.6 is 47.8 Å². The Balaban J connectivity index is 0.00000182. The van der Waals surface area contributed by atoms with Crippen molar-refractivity contribution in [3.8, 4) is 5.75 Å². The molecule has 0 saturated carbocycles. The Hall–Kier alpha value is -1.25. The Kier molecular flexibility index (Phi) is 9.62. The van der Waals surface area contributed by atoms with Crippen molar-refractivity contribution in [2.24, 2.45) is 5.73 Å². The first-order valence-electron chi connectivity index (χ1n) is 8.14. The molecule has 0 aliphatic carbocycles. The molecule has 1 aromatic heterocycles. The van der Waals surface area contributed by atoms with E-state index in [1.54, 1.807) is 18.6 Å². The van der Waals surface area contributed by atoms with Gasteiger partial charge in [0, 0.05) is 36.0 Å². The highest BCUT2D eigenvalue weighted by Gasteiger charge is 2.27. The summed E-state index contributed by atoms with van der Waals surface area (Å²) in [6.45, 7) is 2.08. The molecule has 0 bridgehead atoms. The minimum atomic E-state index is -0.135. The summed E-state index contributed by atoms with van der Waals surface area (Å²) in [5.41, 5.74) is 6.94. The van der Waals surface area contributed by atoms with Gasteiger partial charge in [0.1, 0.15) is 11.4 Å². The minimum Gasteiger partial charge on any atom is -0.495 e. The smallest absolute Gasteiger partial charge is 0.271 e. The standard InChI is InChI=1S/C17H21ClN4O2S.2ClH/c1-24-15-3-2-11(18)8-14(15)22-7-5-12(9-22)20-17(23)13-10-25-16(21-13)4-6-19;;/h2-3,8,10,12H,4-7,9,19H2,1H3,(H,20,23);2*1H. The van der Waals surface area contributed by atoms with Crippen molar-refractivity contribution in [3.63, 3.8) is 0 Å². The van der Waals surface area contributed by atoms with Crippen LogP contribution in [-0.4, -0.2) is 43.7 Å². The number of carbonyl (C=O) groups excluding carboxylic acids is 1. The number of benzene rings is 1. The van der Waals surface area contributed by atoms with Crippen LogP contribution in [0.2, 0.25) is 5.02 Å². The first kappa shape index (κ1) is 23.8. The molecule has 2 aromatic rings. The fraction of sp³-hybridized carbons (Fsp3) is 0.412. The van der Waals surface area contributed by atoms with Crippen LogP contribution in [0.1, 0.15) is 21.9 Å². The number of halogens is 3. The molecule has 3 rings (SSSR count). The van der Waals surface area contributed by atoms with Gasteiger partial charge in [-0.2, -0.15) is 0 Å². The van der Waals surface area contributed by atoms with Crippen molar-refractivity contribution >= 4 is 59.3 Å². The molecule has 3 N–H and O–H groups in total. The summed E-state index contributed by atoms with van der Waals surface area (Å²) < 4.78 is 5.42. The maximum atomic E-state index is 12.4. The lowest BCUT2D eigenvalue weighted by atomic mass is 10.2. The van der Waals surface area contributed by atoms with Gasteiger partial charge in [0.25, 0.3) is 5.91 Å². The molecular weight excluding hydrogens is 431 g/mol. The number of hydrogen-bond acceptors (Lipinski definition) is 6. The van der Waals surface area contributed by atoms with Gasteiger partial charge in [-0.1, -0.05) is 11.6 Å². The van der Waals surface area contributed by atoms with Crippen molar-refractivity contribution in [3.05, 3.63) is 39.3 Å². The van der Waals surface area contributed by atoms with E-state index in [9.17, 15) is 4.79 Å². The highest BCUT2D eigenvalue weighted by Crippen LogP contribution is 2.33. The molecule has 1 fully saturated rings. The van der Waals surface area contributed by atoms with Gasteiger partial charge in [0.15, 0.2) is 0 Å². The lowest BCUT2D eigenvalue weighted by Crippen LogP contribution is -2.37. The lowest BCUT2D eigenvalue weighted by Gasteiger charge is -2.21. The van der Waals surface area contributed by atoms with Gasteiger partial charge in [0.05, 0.1) is 17.8 Å². The predicted octanol–water partition coefficient (Wildman–Crippen LogP) is 3.16. The third-order valence-electron chi connectivity index (χ3n) is 4.15. The number of aromatic nitrogens is 1. The van der Waals surface area contributed by atoms with Gasteiger partial charge in [-0.05, 0) is 31.2 Å². The Labute approximate surface area is 180 Å². The van der Waals surface area contributed by atoms with Crippen LogP contribution in [0.25, 0.3) is 0 Å². The van der Waals surface area contributed by atoms with Gasteiger partial charge in [-0.3, -0.25) is 4.79 Å². The predicted molar refractivity (Wildman–Crippen MR) is 115 cm³/mol. The fourth-order valence-electron chi connectivity index (χ4n) is 2.92. The third-order valence-corrected chi connectivity index (χ3v) is 5.29. The maximum Gasteiger partial charge on any atom is 0.271 e. The van der Waals surface area contributed by atoms with Crippen molar-refractivity contribution in [1.82, 2.24) is 10.3 Å². The SMILES string of the molecule is COc1ccc(Cl)cc1N1CCC(NC(=O)c2csc(CCN)n2)C1.Cl.Cl. The highest BCUT2D eigenvalue weighted by molar-refractivity contribution is 7.09. The summed E-state index contributed by atoms with van der Waals surface area (Å²) in [6, 6.07) is 5.62. The maximum absolute atomic E-state index is 12.4. The van der Waals surface area contributed by atoms with Crippen molar-refractivity contribution in [2.75, 3.05) is 31.6 Å². The summed E-state index contributed by atoms with van der Waals surface area (Å²) in [7, 11) is 1.64. The molecule has 0 radical (unpaired) electrons. The molecule has 1 aliphatic rings. The molecule has 1 atom stereocenters. The van der Waals surface area contributed by atoms with E-state index in [1.165, 1.54) is 11.3 Å². The van der Waals surface area contributed by atoms with E-state index >= 15 is 0 Å². The van der Waals surface area contributed by atoms with E-state index in [4.69, 9.17) is 22.1 Å². The van der Waals surface area contributed by atoms with Gasteiger partial charge in [-0.15, -0.1) is 36.2 Å². The molecular formula is C17H23Cl3N4O2S. The van der Waals surface area contributed by atoms with Crippen LogP contribution < -0.4 is 20.7 Å². The van der Waals surface area contributed by atoms with Crippen LogP contribution in [0, 0.1) is 0 Å². The monoisotopic (exact) mass is 452 g/mol. The number of methoxy groups -OCH3 is 1. The van der Waals surface area contributed by atoms with E-state index in [1.807, 2.05) is 12.1 Å². The van der Waals surface area contributed by atoms with E-state index in [0.717, 1.165) is 29.4 Å². The average molecular weight is 454 g/mol. The fourth-order valence-corrected chi connectivity index (χ4v) is 3.88. The molecule has 150 valence electrons. The summed E-state index contributed by atoms with van der Waals surface area (Å²) in [4.78, 5) is 18.9. The number of rotatable bonds is 6. The normalized spacial score (nSPS) is 15.7. The number of nitrogens with zero attached hydrogens (tertiary/aromatic N) is 2. The molecule has 1 amide bonds. The second kappa shape index (κ2) is 10.9. The summed E-state index contributed by atoms with van der Waals surface area (Å²) in [5.74, 6) is 0.645. The lowest BCUT2D eigenvalue weighted by molar-refractivity contribution is 0.0936. The number of thiazole rings is 1. The van der Waals surface area contributed by atoms with E-state index < -0.39 is 0 Å². The van der Waals surface area contributed by atoms with Crippen LogP contribution in [0.4, 0.5) is 5.69 Å². The minimum absolute atomic E-state index is 0. The third kappa shape index (κ3) is 5.86.